The molecule has 0 bridgehead atoms. The van der Waals surface area contributed by atoms with Gasteiger partial charge in [0.15, 0.2) is 0 Å². The molecule has 2 atom stereocenters. The summed E-state index contributed by atoms with van der Waals surface area (Å²) >= 11 is 0. The monoisotopic (exact) mass is 351 g/mol. The molecular formula is C18H20F3N3O. The molecule has 1 aromatic heterocycles. The van der Waals surface area contributed by atoms with Gasteiger partial charge in [-0.25, -0.2) is 0 Å². The van der Waals surface area contributed by atoms with E-state index in [-0.39, 0.29) is 16.8 Å². The summed E-state index contributed by atoms with van der Waals surface area (Å²) in [6.07, 6.45) is -1.71. The molecule has 134 valence electrons. The van der Waals surface area contributed by atoms with E-state index in [9.17, 15) is 18.0 Å². The van der Waals surface area contributed by atoms with Crippen LogP contribution >= 0.6 is 0 Å². The number of anilines is 1. The summed E-state index contributed by atoms with van der Waals surface area (Å²) in [5.41, 5.74) is -1.50. The Morgan fingerprint density at radius 1 is 1.28 bits per heavy atom. The Labute approximate surface area is 143 Å². The number of carbonyl (C=O) groups excluding carboxylic acids is 1. The molecule has 1 heterocycles. The molecule has 4 nitrogen and oxygen atoms in total. The van der Waals surface area contributed by atoms with Crippen LogP contribution in [0.3, 0.4) is 0 Å². The lowest BCUT2D eigenvalue weighted by molar-refractivity contribution is -0.200. The summed E-state index contributed by atoms with van der Waals surface area (Å²) in [6, 6.07) is 4.92. The fourth-order valence-corrected chi connectivity index (χ4v) is 3.88. The highest BCUT2D eigenvalue weighted by Gasteiger charge is 2.65. The number of rotatable bonds is 2. The predicted molar refractivity (Wildman–Crippen MR) is 88.6 cm³/mol. The van der Waals surface area contributed by atoms with Crippen molar-refractivity contribution in [3.63, 3.8) is 0 Å². The van der Waals surface area contributed by atoms with Crippen LogP contribution in [0, 0.1) is 5.92 Å². The highest BCUT2D eigenvalue weighted by Crippen LogP contribution is 2.61. The van der Waals surface area contributed by atoms with Gasteiger partial charge in [-0.3, -0.25) is 9.89 Å². The van der Waals surface area contributed by atoms with Crippen molar-refractivity contribution in [2.24, 2.45) is 5.92 Å². The van der Waals surface area contributed by atoms with Crippen molar-refractivity contribution >= 4 is 11.6 Å². The maximum atomic E-state index is 14.1. The summed E-state index contributed by atoms with van der Waals surface area (Å²) < 4.78 is 42.2. The summed E-state index contributed by atoms with van der Waals surface area (Å²) in [4.78, 5) is 12.3. The van der Waals surface area contributed by atoms with Crippen molar-refractivity contribution in [2.45, 2.75) is 44.7 Å². The van der Waals surface area contributed by atoms with Crippen LogP contribution in [0.5, 0.6) is 0 Å². The van der Waals surface area contributed by atoms with Crippen molar-refractivity contribution in [3.8, 4) is 0 Å². The van der Waals surface area contributed by atoms with Gasteiger partial charge in [-0.05, 0) is 35.4 Å². The first-order chi connectivity index (χ1) is 11.5. The van der Waals surface area contributed by atoms with Gasteiger partial charge in [0.05, 0.1) is 17.2 Å². The van der Waals surface area contributed by atoms with E-state index in [0.717, 1.165) is 0 Å². The second-order valence-electron chi connectivity index (χ2n) is 7.31. The SMILES string of the molecule is CC1C(C)(C)c2cccc(NC(=O)c3cn[nH]c3)c2C1(C)C(F)(F)F. The number of amides is 1. The predicted octanol–water partition coefficient (Wildman–Crippen LogP) is 4.41. The quantitative estimate of drug-likeness (QED) is 0.842. The number of H-pyrrole nitrogens is 1. The van der Waals surface area contributed by atoms with E-state index in [1.165, 1.54) is 25.4 Å². The van der Waals surface area contributed by atoms with E-state index in [1.807, 2.05) is 13.8 Å². The number of aromatic amines is 1. The van der Waals surface area contributed by atoms with Crippen LogP contribution in [-0.4, -0.2) is 22.3 Å². The minimum Gasteiger partial charge on any atom is -0.322 e. The van der Waals surface area contributed by atoms with Crippen LogP contribution in [0.4, 0.5) is 18.9 Å². The molecule has 1 amide bonds. The lowest BCUT2D eigenvalue weighted by Crippen LogP contribution is -2.45. The number of aromatic nitrogens is 2. The Bertz CT molecular complexity index is 811. The van der Waals surface area contributed by atoms with E-state index in [4.69, 9.17) is 0 Å². The van der Waals surface area contributed by atoms with Crippen molar-refractivity contribution < 1.29 is 18.0 Å². The molecule has 7 heteroatoms. The van der Waals surface area contributed by atoms with Gasteiger partial charge in [0.2, 0.25) is 0 Å². The van der Waals surface area contributed by atoms with Crippen molar-refractivity contribution in [1.82, 2.24) is 10.2 Å². The molecule has 1 aliphatic carbocycles. The molecule has 0 aliphatic heterocycles. The minimum atomic E-state index is -4.44. The summed E-state index contributed by atoms with van der Waals surface area (Å²) in [5, 5.41) is 8.84. The summed E-state index contributed by atoms with van der Waals surface area (Å²) in [6.45, 7) is 6.47. The molecule has 0 saturated heterocycles. The number of hydrogen-bond acceptors (Lipinski definition) is 2. The highest BCUT2D eigenvalue weighted by atomic mass is 19.4. The van der Waals surface area contributed by atoms with Crippen LogP contribution in [0.2, 0.25) is 0 Å². The maximum absolute atomic E-state index is 14.1. The lowest BCUT2D eigenvalue weighted by Gasteiger charge is -2.37. The summed E-state index contributed by atoms with van der Waals surface area (Å²) in [7, 11) is 0. The molecule has 2 N–H and O–H groups in total. The smallest absolute Gasteiger partial charge is 0.322 e. The first-order valence-corrected chi connectivity index (χ1v) is 8.02. The standard InChI is InChI=1S/C18H20F3N3O/c1-10-16(2,3)12-6-5-7-13(14(12)17(10,4)18(19,20)21)24-15(25)11-8-22-23-9-11/h5-10H,1-4H3,(H,22,23)(H,24,25). The molecule has 0 saturated carbocycles. The van der Waals surface area contributed by atoms with Crippen LogP contribution in [-0.2, 0) is 10.8 Å². The van der Waals surface area contributed by atoms with Crippen molar-refractivity contribution in [3.05, 3.63) is 47.3 Å². The van der Waals surface area contributed by atoms with E-state index < -0.39 is 28.8 Å². The van der Waals surface area contributed by atoms with E-state index in [0.29, 0.717) is 5.56 Å². The molecule has 0 radical (unpaired) electrons. The maximum Gasteiger partial charge on any atom is 0.398 e. The number of halogens is 3. The molecule has 0 fully saturated rings. The normalized spacial score (nSPS) is 24.8. The minimum absolute atomic E-state index is 0.150. The zero-order valence-electron chi connectivity index (χ0n) is 14.5. The number of hydrogen-bond donors (Lipinski definition) is 2. The van der Waals surface area contributed by atoms with Crippen molar-refractivity contribution in [2.75, 3.05) is 5.32 Å². The molecule has 1 aliphatic rings. The van der Waals surface area contributed by atoms with Crippen molar-refractivity contribution in [1.29, 1.82) is 0 Å². The zero-order chi connectivity index (χ0) is 18.6. The topological polar surface area (TPSA) is 57.8 Å². The average Bonchev–Trinajstić information content (AvgIpc) is 3.10. The van der Waals surface area contributed by atoms with Crippen LogP contribution < -0.4 is 5.32 Å². The third kappa shape index (κ3) is 2.36. The van der Waals surface area contributed by atoms with Gasteiger partial charge in [0.1, 0.15) is 0 Å². The molecular weight excluding hydrogens is 331 g/mol. The lowest BCUT2D eigenvalue weighted by atomic mass is 9.69. The molecule has 1 aromatic carbocycles. The van der Waals surface area contributed by atoms with Gasteiger partial charge in [-0.2, -0.15) is 18.3 Å². The van der Waals surface area contributed by atoms with Crippen LogP contribution in [0.1, 0.15) is 49.2 Å². The van der Waals surface area contributed by atoms with Crippen LogP contribution in [0.25, 0.3) is 0 Å². The molecule has 2 aromatic rings. The Hall–Kier alpha value is -2.31. The Balaban J connectivity index is 2.16. The second kappa shape index (κ2) is 5.34. The molecule has 3 rings (SSSR count). The zero-order valence-corrected chi connectivity index (χ0v) is 14.5. The second-order valence-corrected chi connectivity index (χ2v) is 7.31. The number of nitrogens with zero attached hydrogens (tertiary/aromatic N) is 1. The van der Waals surface area contributed by atoms with Gasteiger partial charge in [0.25, 0.3) is 5.91 Å². The molecule has 0 spiro atoms. The van der Waals surface area contributed by atoms with Gasteiger partial charge >= 0.3 is 6.18 Å². The number of benzene rings is 1. The van der Waals surface area contributed by atoms with Crippen LogP contribution in [0.15, 0.2) is 30.6 Å². The average molecular weight is 351 g/mol. The van der Waals surface area contributed by atoms with Gasteiger partial charge in [0, 0.05) is 11.9 Å². The number of fused-ring (bicyclic) bond motifs is 1. The Morgan fingerprint density at radius 2 is 1.96 bits per heavy atom. The first kappa shape index (κ1) is 17.5. The fourth-order valence-electron chi connectivity index (χ4n) is 3.88. The molecule has 2 unspecified atom stereocenters. The largest absolute Gasteiger partial charge is 0.398 e. The number of carbonyl (C=O) groups is 1. The summed E-state index contributed by atoms with van der Waals surface area (Å²) in [5.74, 6) is -1.17. The number of alkyl halides is 3. The fraction of sp³-hybridized carbons (Fsp3) is 0.444. The Kier molecular flexibility index (Phi) is 3.74. The first-order valence-electron chi connectivity index (χ1n) is 8.02. The van der Waals surface area contributed by atoms with E-state index in [2.05, 4.69) is 15.5 Å². The van der Waals surface area contributed by atoms with Gasteiger partial charge in [-0.15, -0.1) is 0 Å². The molecule has 25 heavy (non-hydrogen) atoms. The van der Waals surface area contributed by atoms with Gasteiger partial charge in [-0.1, -0.05) is 32.9 Å². The van der Waals surface area contributed by atoms with E-state index >= 15 is 0 Å². The third-order valence-electron chi connectivity index (χ3n) is 5.82. The Morgan fingerprint density at radius 3 is 2.52 bits per heavy atom. The third-order valence-corrected chi connectivity index (χ3v) is 5.82. The van der Waals surface area contributed by atoms with E-state index in [1.54, 1.807) is 19.1 Å². The number of nitrogens with one attached hydrogen (secondary N) is 2. The van der Waals surface area contributed by atoms with Gasteiger partial charge < -0.3 is 5.32 Å². The highest BCUT2D eigenvalue weighted by molar-refractivity contribution is 6.04.